The van der Waals surface area contributed by atoms with Crippen LogP contribution in [0.25, 0.3) is 22.7 Å². The summed E-state index contributed by atoms with van der Waals surface area (Å²) in [6, 6.07) is 8.43. The second-order valence-electron chi connectivity index (χ2n) is 5.93. The number of phenols is 1. The van der Waals surface area contributed by atoms with Crippen LogP contribution in [0.15, 0.2) is 40.9 Å². The highest BCUT2D eigenvalue weighted by atomic mass is 16.4. The molecule has 3 aromatic rings. The molecule has 0 saturated heterocycles. The summed E-state index contributed by atoms with van der Waals surface area (Å²) >= 11 is 0. The highest BCUT2D eigenvalue weighted by Crippen LogP contribution is 2.32. The number of rotatable bonds is 7. The van der Waals surface area contributed by atoms with E-state index in [1.54, 1.807) is 30.5 Å². The van der Waals surface area contributed by atoms with Gasteiger partial charge in [0.2, 0.25) is 11.8 Å². The molecule has 0 aliphatic heterocycles. The molecule has 0 aliphatic rings. The highest BCUT2D eigenvalue weighted by Gasteiger charge is 2.13. The Morgan fingerprint density at radius 2 is 2.12 bits per heavy atom. The number of anilines is 1. The number of unbranched alkanes of at least 4 members (excludes halogenated alkanes) is 3. The van der Waals surface area contributed by atoms with Crippen LogP contribution >= 0.6 is 0 Å². The monoisotopic (exact) mass is 339 g/mol. The number of benzene rings is 1. The zero-order valence-electron chi connectivity index (χ0n) is 14.2. The van der Waals surface area contributed by atoms with E-state index in [0.717, 1.165) is 25.7 Å². The molecule has 2 N–H and O–H groups in total. The van der Waals surface area contributed by atoms with Crippen LogP contribution in [0.4, 0.5) is 5.69 Å². The molecule has 6 nitrogen and oxygen atoms in total. The van der Waals surface area contributed by atoms with Crippen molar-refractivity contribution in [2.45, 2.75) is 39.0 Å². The second kappa shape index (κ2) is 7.79. The van der Waals surface area contributed by atoms with Gasteiger partial charge in [-0.3, -0.25) is 4.79 Å². The Labute approximate surface area is 145 Å². The Kier molecular flexibility index (Phi) is 5.28. The molecule has 2 aromatic heterocycles. The minimum Gasteiger partial charge on any atom is -0.507 e. The number of nitrogens with zero attached hydrogens (tertiary/aromatic N) is 2. The van der Waals surface area contributed by atoms with Gasteiger partial charge < -0.3 is 14.8 Å². The molecule has 0 spiro atoms. The molecule has 0 fully saturated rings. The molecule has 0 bridgehead atoms. The number of phenolic OH excluding ortho intramolecular Hbond substituents is 1. The van der Waals surface area contributed by atoms with Crippen molar-refractivity contribution in [1.29, 1.82) is 0 Å². The summed E-state index contributed by atoms with van der Waals surface area (Å²) in [5.74, 6) is 0.244. The van der Waals surface area contributed by atoms with Crippen LogP contribution in [0.5, 0.6) is 5.75 Å². The van der Waals surface area contributed by atoms with Crippen molar-refractivity contribution in [1.82, 2.24) is 9.97 Å². The molecule has 1 amide bonds. The molecule has 0 radical (unpaired) electrons. The normalized spacial score (nSPS) is 10.9. The summed E-state index contributed by atoms with van der Waals surface area (Å²) in [6.45, 7) is 2.14. The number of aromatic hydroxyl groups is 1. The van der Waals surface area contributed by atoms with Crippen molar-refractivity contribution in [3.8, 4) is 17.2 Å². The van der Waals surface area contributed by atoms with E-state index in [9.17, 15) is 9.90 Å². The summed E-state index contributed by atoms with van der Waals surface area (Å²) in [5, 5.41) is 13.1. The largest absolute Gasteiger partial charge is 0.507 e. The summed E-state index contributed by atoms with van der Waals surface area (Å²) in [4.78, 5) is 20.3. The zero-order valence-corrected chi connectivity index (χ0v) is 14.2. The number of oxazole rings is 1. The lowest BCUT2D eigenvalue weighted by molar-refractivity contribution is -0.116. The third kappa shape index (κ3) is 4.15. The van der Waals surface area contributed by atoms with Crippen LogP contribution in [-0.4, -0.2) is 21.0 Å². The summed E-state index contributed by atoms with van der Waals surface area (Å²) in [6.07, 6.45) is 6.33. The lowest BCUT2D eigenvalue weighted by atomic mass is 10.1. The first kappa shape index (κ1) is 17.0. The van der Waals surface area contributed by atoms with Gasteiger partial charge in [-0.1, -0.05) is 26.2 Å². The van der Waals surface area contributed by atoms with E-state index in [1.807, 2.05) is 0 Å². The van der Waals surface area contributed by atoms with Gasteiger partial charge in [0, 0.05) is 24.4 Å². The lowest BCUT2D eigenvalue weighted by Gasteiger charge is -2.07. The smallest absolute Gasteiger partial charge is 0.232 e. The predicted octanol–water partition coefficient (Wildman–Crippen LogP) is 4.50. The molecular formula is C19H21N3O3. The van der Waals surface area contributed by atoms with E-state index in [-0.39, 0.29) is 11.7 Å². The van der Waals surface area contributed by atoms with Crippen LogP contribution in [0, 0.1) is 0 Å². The summed E-state index contributed by atoms with van der Waals surface area (Å²) in [5.41, 5.74) is 2.05. The Balaban J connectivity index is 1.69. The Morgan fingerprint density at radius 3 is 2.88 bits per heavy atom. The molecule has 3 rings (SSSR count). The van der Waals surface area contributed by atoms with E-state index in [4.69, 9.17) is 4.42 Å². The SMILES string of the molecule is CCCCCCC(=O)Nc1ccc(-c2nc3ncccc3o2)c(O)c1. The molecule has 1 aromatic carbocycles. The maximum atomic E-state index is 11.9. The lowest BCUT2D eigenvalue weighted by Crippen LogP contribution is -2.10. The molecular weight excluding hydrogens is 318 g/mol. The first-order valence-corrected chi connectivity index (χ1v) is 8.52. The van der Waals surface area contributed by atoms with Gasteiger partial charge in [-0.05, 0) is 30.7 Å². The number of amides is 1. The molecule has 0 saturated carbocycles. The molecule has 130 valence electrons. The quantitative estimate of drug-likeness (QED) is 0.619. The number of carbonyl (C=O) groups excluding carboxylic acids is 1. The standard InChI is InChI=1S/C19H21N3O3/c1-2-3-4-5-8-17(24)21-13-9-10-14(15(23)12-13)19-22-18-16(25-19)7-6-11-20-18/h6-7,9-12,23H,2-5,8H2,1H3,(H,21,24). The fourth-order valence-corrected chi connectivity index (χ4v) is 2.61. The summed E-state index contributed by atoms with van der Waals surface area (Å²) < 4.78 is 5.61. The number of hydrogen-bond donors (Lipinski definition) is 2. The van der Waals surface area contributed by atoms with Gasteiger partial charge in [0.25, 0.3) is 0 Å². The molecule has 2 heterocycles. The van der Waals surface area contributed by atoms with Gasteiger partial charge in [-0.25, -0.2) is 4.98 Å². The van der Waals surface area contributed by atoms with Gasteiger partial charge in [0.1, 0.15) is 5.75 Å². The third-order valence-electron chi connectivity index (χ3n) is 3.93. The molecule has 0 aliphatic carbocycles. The van der Waals surface area contributed by atoms with Gasteiger partial charge in [0.05, 0.1) is 5.56 Å². The average molecular weight is 339 g/mol. The average Bonchev–Trinajstić information content (AvgIpc) is 3.02. The van der Waals surface area contributed by atoms with Crippen molar-refractivity contribution in [3.63, 3.8) is 0 Å². The van der Waals surface area contributed by atoms with Crippen LogP contribution in [0.3, 0.4) is 0 Å². The van der Waals surface area contributed by atoms with Gasteiger partial charge in [-0.2, -0.15) is 4.98 Å². The number of fused-ring (bicyclic) bond motifs is 1. The van der Waals surface area contributed by atoms with E-state index < -0.39 is 0 Å². The van der Waals surface area contributed by atoms with Crippen LogP contribution in [-0.2, 0) is 4.79 Å². The molecule has 0 atom stereocenters. The Morgan fingerprint density at radius 1 is 1.24 bits per heavy atom. The second-order valence-corrected chi connectivity index (χ2v) is 5.93. The van der Waals surface area contributed by atoms with Crippen molar-refractivity contribution in [3.05, 3.63) is 36.5 Å². The van der Waals surface area contributed by atoms with Crippen molar-refractivity contribution < 1.29 is 14.3 Å². The number of pyridine rings is 1. The first-order chi connectivity index (χ1) is 12.2. The minimum absolute atomic E-state index is 0.00432. The number of aromatic nitrogens is 2. The number of hydrogen-bond acceptors (Lipinski definition) is 5. The van der Waals surface area contributed by atoms with E-state index >= 15 is 0 Å². The Bertz CT molecular complexity index is 840. The fraction of sp³-hybridized carbons (Fsp3) is 0.316. The Hall–Kier alpha value is -2.89. The van der Waals surface area contributed by atoms with Gasteiger partial charge in [-0.15, -0.1) is 0 Å². The first-order valence-electron chi connectivity index (χ1n) is 8.52. The maximum absolute atomic E-state index is 11.9. The summed E-state index contributed by atoms with van der Waals surface area (Å²) in [7, 11) is 0. The van der Waals surface area contributed by atoms with Crippen LogP contribution < -0.4 is 5.32 Å². The number of nitrogens with one attached hydrogen (secondary N) is 1. The van der Waals surface area contributed by atoms with Gasteiger partial charge in [0.15, 0.2) is 11.2 Å². The van der Waals surface area contributed by atoms with Crippen molar-refractivity contribution >= 4 is 22.8 Å². The predicted molar refractivity (Wildman–Crippen MR) is 96.3 cm³/mol. The van der Waals surface area contributed by atoms with Crippen LogP contribution in [0.1, 0.15) is 39.0 Å². The van der Waals surface area contributed by atoms with E-state index in [0.29, 0.717) is 34.8 Å². The fourth-order valence-electron chi connectivity index (χ4n) is 2.61. The molecule has 0 unspecified atom stereocenters. The van der Waals surface area contributed by atoms with Gasteiger partial charge >= 0.3 is 0 Å². The maximum Gasteiger partial charge on any atom is 0.232 e. The number of carbonyl (C=O) groups is 1. The van der Waals surface area contributed by atoms with E-state index in [2.05, 4.69) is 22.2 Å². The van der Waals surface area contributed by atoms with Crippen molar-refractivity contribution in [2.24, 2.45) is 0 Å². The zero-order chi connectivity index (χ0) is 17.6. The molecule has 6 heteroatoms. The molecule has 25 heavy (non-hydrogen) atoms. The topological polar surface area (TPSA) is 88.3 Å². The third-order valence-corrected chi connectivity index (χ3v) is 3.93. The highest BCUT2D eigenvalue weighted by molar-refractivity contribution is 5.91. The van der Waals surface area contributed by atoms with E-state index in [1.165, 1.54) is 6.07 Å². The minimum atomic E-state index is -0.0469. The van der Waals surface area contributed by atoms with Crippen molar-refractivity contribution in [2.75, 3.05) is 5.32 Å². The van der Waals surface area contributed by atoms with Crippen LogP contribution in [0.2, 0.25) is 0 Å².